The maximum Gasteiger partial charge on any atom is 0.221 e. The first kappa shape index (κ1) is 19.3. The number of nitrogens with one attached hydrogen (secondary N) is 1. The van der Waals surface area contributed by atoms with Gasteiger partial charge in [0.2, 0.25) is 5.91 Å². The fourth-order valence-electron chi connectivity index (χ4n) is 3.07. The molecule has 1 aromatic carbocycles. The zero-order valence-corrected chi connectivity index (χ0v) is 16.5. The molecule has 1 N–H and O–H groups in total. The lowest BCUT2D eigenvalue weighted by molar-refractivity contribution is -0.121. The highest BCUT2D eigenvalue weighted by molar-refractivity contribution is 7.10. The number of aryl methyl sites for hydroxylation is 2. The van der Waals surface area contributed by atoms with Crippen molar-refractivity contribution in [2.45, 2.75) is 45.1 Å². The number of rotatable bonds is 9. The summed E-state index contributed by atoms with van der Waals surface area (Å²) in [6, 6.07) is 16.6. The molecular formula is C23H26N2OS. The molecule has 4 heteroatoms. The molecule has 0 saturated carbocycles. The molecule has 0 aliphatic carbocycles. The van der Waals surface area contributed by atoms with Crippen molar-refractivity contribution in [3.05, 3.63) is 87.9 Å². The van der Waals surface area contributed by atoms with E-state index in [-0.39, 0.29) is 11.9 Å². The highest BCUT2D eigenvalue weighted by Crippen LogP contribution is 2.26. The minimum absolute atomic E-state index is 0.0623. The van der Waals surface area contributed by atoms with Crippen molar-refractivity contribution in [2.75, 3.05) is 0 Å². The van der Waals surface area contributed by atoms with Gasteiger partial charge in [0, 0.05) is 23.7 Å². The number of thiophene rings is 1. The number of unbranched alkanes of at least 4 members (excludes halogenated alkanes) is 1. The van der Waals surface area contributed by atoms with E-state index in [0.717, 1.165) is 22.4 Å². The van der Waals surface area contributed by atoms with E-state index in [1.165, 1.54) is 18.4 Å². The van der Waals surface area contributed by atoms with Crippen molar-refractivity contribution in [3.63, 3.8) is 0 Å². The number of carbonyl (C=O) groups is 1. The number of carbonyl (C=O) groups excluding carboxylic acids is 1. The van der Waals surface area contributed by atoms with E-state index in [0.29, 0.717) is 12.8 Å². The summed E-state index contributed by atoms with van der Waals surface area (Å²) in [6.07, 6.45) is 8.25. The third-order valence-corrected chi connectivity index (χ3v) is 5.57. The molecule has 140 valence electrons. The lowest BCUT2D eigenvalue weighted by Crippen LogP contribution is -2.29. The predicted molar refractivity (Wildman–Crippen MR) is 112 cm³/mol. The molecule has 2 heterocycles. The lowest BCUT2D eigenvalue weighted by Gasteiger charge is -2.18. The van der Waals surface area contributed by atoms with Crippen LogP contribution in [0, 0.1) is 0 Å². The van der Waals surface area contributed by atoms with E-state index in [2.05, 4.69) is 52.9 Å². The molecule has 0 spiro atoms. The van der Waals surface area contributed by atoms with Gasteiger partial charge >= 0.3 is 0 Å². The van der Waals surface area contributed by atoms with Crippen LogP contribution in [0.4, 0.5) is 0 Å². The molecule has 3 nitrogen and oxygen atoms in total. The molecule has 0 unspecified atom stereocenters. The molecule has 0 saturated heterocycles. The van der Waals surface area contributed by atoms with Gasteiger partial charge in [0.1, 0.15) is 0 Å². The Morgan fingerprint density at radius 1 is 1.07 bits per heavy atom. The molecule has 0 aliphatic heterocycles. The van der Waals surface area contributed by atoms with Crippen molar-refractivity contribution in [3.8, 4) is 0 Å². The van der Waals surface area contributed by atoms with Gasteiger partial charge in [-0.2, -0.15) is 0 Å². The van der Waals surface area contributed by atoms with E-state index in [4.69, 9.17) is 0 Å². The number of benzene rings is 1. The predicted octanol–water partition coefficient (Wildman–Crippen LogP) is 5.32. The van der Waals surface area contributed by atoms with Crippen LogP contribution in [0.2, 0.25) is 0 Å². The standard InChI is InChI=1S/C23H26N2OS/c1-2-3-6-18-9-12-20(13-10-18)23(21-8-5-16-27-21)25-22(26)14-11-19-7-4-15-24-17-19/h4-5,7-10,12-13,15-17,23H,2-3,6,11,14H2,1H3,(H,25,26)/t23-/m1/s1. The summed E-state index contributed by atoms with van der Waals surface area (Å²) in [5.74, 6) is 0.0623. The second kappa shape index (κ2) is 10.0. The molecule has 0 aliphatic rings. The molecule has 0 bridgehead atoms. The van der Waals surface area contributed by atoms with Crippen LogP contribution < -0.4 is 5.32 Å². The summed E-state index contributed by atoms with van der Waals surface area (Å²) in [4.78, 5) is 17.8. The number of aromatic nitrogens is 1. The number of hydrogen-bond acceptors (Lipinski definition) is 3. The molecule has 2 aromatic heterocycles. The zero-order valence-electron chi connectivity index (χ0n) is 15.7. The SMILES string of the molecule is CCCCc1ccc([C@@H](NC(=O)CCc2cccnc2)c2cccs2)cc1. The molecule has 0 fully saturated rings. The Morgan fingerprint density at radius 2 is 1.93 bits per heavy atom. The molecular weight excluding hydrogens is 352 g/mol. The van der Waals surface area contributed by atoms with Gasteiger partial charge < -0.3 is 5.32 Å². The zero-order chi connectivity index (χ0) is 18.9. The fourth-order valence-corrected chi connectivity index (χ4v) is 3.87. The third kappa shape index (κ3) is 5.76. The van der Waals surface area contributed by atoms with Gasteiger partial charge in [0.25, 0.3) is 0 Å². The van der Waals surface area contributed by atoms with Crippen LogP contribution >= 0.6 is 11.3 Å². The van der Waals surface area contributed by atoms with Crippen molar-refractivity contribution >= 4 is 17.2 Å². The lowest BCUT2D eigenvalue weighted by atomic mass is 10.0. The molecule has 3 aromatic rings. The first-order valence-corrected chi connectivity index (χ1v) is 10.4. The summed E-state index contributed by atoms with van der Waals surface area (Å²) in [7, 11) is 0. The van der Waals surface area contributed by atoms with E-state index in [9.17, 15) is 4.79 Å². The van der Waals surface area contributed by atoms with Gasteiger partial charge in [-0.05, 0) is 53.5 Å². The van der Waals surface area contributed by atoms with Gasteiger partial charge in [-0.15, -0.1) is 11.3 Å². The summed E-state index contributed by atoms with van der Waals surface area (Å²) >= 11 is 1.68. The highest BCUT2D eigenvalue weighted by atomic mass is 32.1. The van der Waals surface area contributed by atoms with Gasteiger partial charge in [-0.25, -0.2) is 0 Å². The van der Waals surface area contributed by atoms with Crippen LogP contribution in [0.25, 0.3) is 0 Å². The largest absolute Gasteiger partial charge is 0.344 e. The number of pyridine rings is 1. The molecule has 1 atom stereocenters. The first-order valence-electron chi connectivity index (χ1n) is 9.56. The van der Waals surface area contributed by atoms with Crippen LogP contribution in [0.1, 0.15) is 53.8 Å². The number of nitrogens with zero attached hydrogens (tertiary/aromatic N) is 1. The van der Waals surface area contributed by atoms with Crippen molar-refractivity contribution in [1.82, 2.24) is 10.3 Å². The van der Waals surface area contributed by atoms with Crippen LogP contribution in [0.3, 0.4) is 0 Å². The maximum absolute atomic E-state index is 12.6. The smallest absolute Gasteiger partial charge is 0.221 e. The normalized spacial score (nSPS) is 11.9. The van der Waals surface area contributed by atoms with Gasteiger partial charge in [-0.3, -0.25) is 9.78 Å². The van der Waals surface area contributed by atoms with Crippen molar-refractivity contribution in [2.24, 2.45) is 0 Å². The summed E-state index contributed by atoms with van der Waals surface area (Å²) in [5.41, 5.74) is 3.57. The van der Waals surface area contributed by atoms with Gasteiger partial charge in [0.15, 0.2) is 0 Å². The highest BCUT2D eigenvalue weighted by Gasteiger charge is 2.18. The Hall–Kier alpha value is -2.46. The average molecular weight is 379 g/mol. The summed E-state index contributed by atoms with van der Waals surface area (Å²) < 4.78 is 0. The minimum atomic E-state index is -0.0911. The Labute approximate surface area is 165 Å². The second-order valence-electron chi connectivity index (χ2n) is 6.72. The number of amides is 1. The topological polar surface area (TPSA) is 42.0 Å². The van der Waals surface area contributed by atoms with E-state index < -0.39 is 0 Å². The Bertz CT molecular complexity index is 813. The van der Waals surface area contributed by atoms with Crippen molar-refractivity contribution in [1.29, 1.82) is 0 Å². The van der Waals surface area contributed by atoms with Gasteiger partial charge in [-0.1, -0.05) is 49.7 Å². The van der Waals surface area contributed by atoms with Crippen LogP contribution in [0.5, 0.6) is 0 Å². The quantitative estimate of drug-likeness (QED) is 0.547. The van der Waals surface area contributed by atoms with Crippen LogP contribution in [-0.4, -0.2) is 10.9 Å². The maximum atomic E-state index is 12.6. The third-order valence-electron chi connectivity index (χ3n) is 4.63. The Balaban J connectivity index is 1.67. The fraction of sp³-hybridized carbons (Fsp3) is 0.304. The van der Waals surface area contributed by atoms with Crippen LogP contribution in [0.15, 0.2) is 66.3 Å². The molecule has 1 amide bonds. The van der Waals surface area contributed by atoms with E-state index >= 15 is 0 Å². The monoisotopic (exact) mass is 378 g/mol. The summed E-state index contributed by atoms with van der Waals surface area (Å²) in [6.45, 7) is 2.21. The van der Waals surface area contributed by atoms with E-state index in [1.807, 2.05) is 24.4 Å². The summed E-state index contributed by atoms with van der Waals surface area (Å²) in [5, 5.41) is 5.27. The molecule has 0 radical (unpaired) electrons. The van der Waals surface area contributed by atoms with Gasteiger partial charge in [0.05, 0.1) is 6.04 Å². The minimum Gasteiger partial charge on any atom is -0.344 e. The van der Waals surface area contributed by atoms with Crippen molar-refractivity contribution < 1.29 is 4.79 Å². The molecule has 3 rings (SSSR count). The molecule has 27 heavy (non-hydrogen) atoms. The van der Waals surface area contributed by atoms with E-state index in [1.54, 1.807) is 17.5 Å². The average Bonchev–Trinajstić information content (AvgIpc) is 3.25. The second-order valence-corrected chi connectivity index (χ2v) is 7.70. The Morgan fingerprint density at radius 3 is 2.59 bits per heavy atom. The number of hydrogen-bond donors (Lipinski definition) is 1. The Kier molecular flexibility index (Phi) is 7.17. The first-order chi connectivity index (χ1) is 13.3. The van der Waals surface area contributed by atoms with Crippen LogP contribution in [-0.2, 0) is 17.6 Å².